The minimum Gasteiger partial charge on any atom is -0.378 e. The van der Waals surface area contributed by atoms with Crippen molar-refractivity contribution >= 4 is 38.5 Å². The van der Waals surface area contributed by atoms with Crippen molar-refractivity contribution in [1.29, 1.82) is 0 Å². The second-order valence-corrected chi connectivity index (χ2v) is 7.15. The summed E-state index contributed by atoms with van der Waals surface area (Å²) in [6, 6.07) is 6.94. The van der Waals surface area contributed by atoms with Crippen molar-refractivity contribution in [2.45, 2.75) is 44.2 Å². The molecule has 1 saturated heterocycles. The van der Waals surface area contributed by atoms with Crippen LogP contribution < -0.4 is 5.32 Å². The summed E-state index contributed by atoms with van der Waals surface area (Å²) in [6.07, 6.45) is 6.59. The Kier molecular flexibility index (Phi) is 6.59. The highest BCUT2D eigenvalue weighted by Crippen LogP contribution is 2.28. The number of hydrogen-bond acceptors (Lipinski definition) is 2. The summed E-state index contributed by atoms with van der Waals surface area (Å²) in [5, 5.41) is 3.45. The Balaban J connectivity index is 1.89. The Morgan fingerprint density at radius 3 is 3.05 bits per heavy atom. The summed E-state index contributed by atoms with van der Waals surface area (Å²) in [5.74, 6) is 0. The number of hydrogen-bond donors (Lipinski definition) is 1. The van der Waals surface area contributed by atoms with Gasteiger partial charge in [0.05, 0.1) is 6.10 Å². The maximum absolute atomic E-state index is 5.69. The zero-order chi connectivity index (χ0) is 13.7. The van der Waals surface area contributed by atoms with E-state index >= 15 is 0 Å². The molecular weight excluding hydrogens is 417 g/mol. The normalized spacial score (nSPS) is 20.7. The molecule has 1 aromatic rings. The average Bonchev–Trinajstić information content (AvgIpc) is 2.91. The van der Waals surface area contributed by atoms with Crippen LogP contribution in [0.2, 0.25) is 0 Å². The van der Waals surface area contributed by atoms with Gasteiger partial charge in [0, 0.05) is 20.7 Å². The molecule has 0 saturated carbocycles. The summed E-state index contributed by atoms with van der Waals surface area (Å²) < 4.78 is 8.17. The largest absolute Gasteiger partial charge is 0.378 e. The molecule has 19 heavy (non-hydrogen) atoms. The second kappa shape index (κ2) is 7.96. The van der Waals surface area contributed by atoms with Crippen molar-refractivity contribution in [3.63, 3.8) is 0 Å². The highest BCUT2D eigenvalue weighted by atomic mass is 127. The van der Waals surface area contributed by atoms with Crippen molar-refractivity contribution in [2.24, 2.45) is 0 Å². The predicted molar refractivity (Wildman–Crippen MR) is 91.5 cm³/mol. The summed E-state index contributed by atoms with van der Waals surface area (Å²) in [7, 11) is 2.05. The molecule has 1 aromatic carbocycles. The van der Waals surface area contributed by atoms with Crippen LogP contribution in [0, 0.1) is 3.57 Å². The van der Waals surface area contributed by atoms with Crippen LogP contribution in [0.1, 0.15) is 43.7 Å². The van der Waals surface area contributed by atoms with E-state index in [1.165, 1.54) is 41.2 Å². The lowest BCUT2D eigenvalue weighted by molar-refractivity contribution is 0.101. The smallest absolute Gasteiger partial charge is 0.0576 e. The Hall–Kier alpha value is 0.350. The van der Waals surface area contributed by atoms with E-state index in [1.807, 2.05) is 7.05 Å². The zero-order valence-electron chi connectivity index (χ0n) is 11.3. The molecule has 0 radical (unpaired) electrons. The zero-order valence-corrected chi connectivity index (χ0v) is 15.0. The van der Waals surface area contributed by atoms with Crippen LogP contribution >= 0.6 is 38.5 Å². The minimum absolute atomic E-state index is 0.436. The summed E-state index contributed by atoms with van der Waals surface area (Å²) in [6.45, 7) is 0.962. The Morgan fingerprint density at radius 1 is 1.53 bits per heavy atom. The van der Waals surface area contributed by atoms with Crippen molar-refractivity contribution in [3.8, 4) is 0 Å². The fourth-order valence-corrected chi connectivity index (χ4v) is 3.75. The van der Waals surface area contributed by atoms with Crippen LogP contribution in [0.5, 0.6) is 0 Å². The molecule has 0 bridgehead atoms. The third kappa shape index (κ3) is 4.69. The molecule has 1 aliphatic heterocycles. The number of ether oxygens (including phenoxy) is 1. The van der Waals surface area contributed by atoms with Gasteiger partial charge in [-0.05, 0) is 85.5 Å². The molecule has 0 aromatic heterocycles. The molecule has 106 valence electrons. The Morgan fingerprint density at radius 2 is 2.37 bits per heavy atom. The summed E-state index contributed by atoms with van der Waals surface area (Å²) in [5.41, 5.74) is 1.39. The summed E-state index contributed by atoms with van der Waals surface area (Å²) >= 11 is 5.98. The van der Waals surface area contributed by atoms with Crippen LogP contribution in [0.15, 0.2) is 22.7 Å². The molecule has 1 fully saturated rings. The van der Waals surface area contributed by atoms with E-state index in [-0.39, 0.29) is 0 Å². The highest BCUT2D eigenvalue weighted by molar-refractivity contribution is 14.1. The van der Waals surface area contributed by atoms with Gasteiger partial charge in [0.15, 0.2) is 0 Å². The van der Waals surface area contributed by atoms with Crippen LogP contribution in [0.25, 0.3) is 0 Å². The number of rotatable bonds is 6. The average molecular weight is 438 g/mol. The first-order valence-corrected chi connectivity index (χ1v) is 8.81. The fraction of sp³-hybridized carbons (Fsp3) is 0.600. The third-order valence-corrected chi connectivity index (χ3v) is 5.20. The van der Waals surface area contributed by atoms with Crippen LogP contribution in [-0.4, -0.2) is 19.8 Å². The van der Waals surface area contributed by atoms with E-state index in [9.17, 15) is 0 Å². The van der Waals surface area contributed by atoms with Crippen molar-refractivity contribution in [2.75, 3.05) is 13.7 Å². The number of halogens is 2. The van der Waals surface area contributed by atoms with Gasteiger partial charge in [0.1, 0.15) is 0 Å². The van der Waals surface area contributed by atoms with Crippen molar-refractivity contribution < 1.29 is 4.74 Å². The topological polar surface area (TPSA) is 21.3 Å². The van der Waals surface area contributed by atoms with Crippen LogP contribution in [0.3, 0.4) is 0 Å². The quantitative estimate of drug-likeness (QED) is 0.653. The van der Waals surface area contributed by atoms with Crippen molar-refractivity contribution in [1.82, 2.24) is 5.32 Å². The van der Waals surface area contributed by atoms with Gasteiger partial charge in [-0.15, -0.1) is 0 Å². The SMILES string of the molecule is CNC(CCCC1CCCO1)c1cc(Br)ccc1I. The first kappa shape index (κ1) is 15.7. The lowest BCUT2D eigenvalue weighted by Crippen LogP contribution is -2.18. The Labute approximate surface area is 138 Å². The van der Waals surface area contributed by atoms with E-state index < -0.39 is 0 Å². The van der Waals surface area contributed by atoms with E-state index in [1.54, 1.807) is 0 Å². The first-order chi connectivity index (χ1) is 9.20. The number of benzene rings is 1. The fourth-order valence-electron chi connectivity index (χ4n) is 2.66. The van der Waals surface area contributed by atoms with Gasteiger partial charge in [-0.2, -0.15) is 0 Å². The standard InChI is InChI=1S/C15H21BrINO/c1-18-15(6-2-4-12-5-3-9-19-12)13-10-11(16)7-8-14(13)17/h7-8,10,12,15,18H,2-6,9H2,1H3. The molecule has 1 N–H and O–H groups in total. The van der Waals surface area contributed by atoms with E-state index in [0.29, 0.717) is 12.1 Å². The third-order valence-electron chi connectivity index (χ3n) is 3.72. The minimum atomic E-state index is 0.436. The summed E-state index contributed by atoms with van der Waals surface area (Å²) in [4.78, 5) is 0. The molecule has 2 unspecified atom stereocenters. The predicted octanol–water partition coefficient (Wildman–Crippen LogP) is 4.66. The maximum atomic E-state index is 5.69. The van der Waals surface area contributed by atoms with Gasteiger partial charge >= 0.3 is 0 Å². The molecule has 0 spiro atoms. The molecular formula is C15H21BrINO. The van der Waals surface area contributed by atoms with Crippen molar-refractivity contribution in [3.05, 3.63) is 31.8 Å². The van der Waals surface area contributed by atoms with Gasteiger partial charge < -0.3 is 10.1 Å². The van der Waals surface area contributed by atoms with Crippen LogP contribution in [0.4, 0.5) is 0 Å². The highest BCUT2D eigenvalue weighted by Gasteiger charge is 2.17. The van der Waals surface area contributed by atoms with Gasteiger partial charge in [-0.3, -0.25) is 0 Å². The van der Waals surface area contributed by atoms with E-state index in [4.69, 9.17) is 4.74 Å². The maximum Gasteiger partial charge on any atom is 0.0576 e. The molecule has 0 amide bonds. The first-order valence-electron chi connectivity index (χ1n) is 6.94. The second-order valence-electron chi connectivity index (χ2n) is 5.07. The van der Waals surface area contributed by atoms with Gasteiger partial charge in [-0.25, -0.2) is 0 Å². The lowest BCUT2D eigenvalue weighted by atomic mass is 9.99. The van der Waals surface area contributed by atoms with E-state index in [2.05, 4.69) is 62.0 Å². The molecule has 4 heteroatoms. The monoisotopic (exact) mass is 437 g/mol. The molecule has 2 nitrogen and oxygen atoms in total. The Bertz CT molecular complexity index is 407. The van der Waals surface area contributed by atoms with Crippen LogP contribution in [-0.2, 0) is 4.74 Å². The molecule has 0 aliphatic carbocycles. The molecule has 1 aliphatic rings. The molecule has 1 heterocycles. The van der Waals surface area contributed by atoms with Gasteiger partial charge in [0.25, 0.3) is 0 Å². The molecule has 2 rings (SSSR count). The van der Waals surface area contributed by atoms with Gasteiger partial charge in [-0.1, -0.05) is 15.9 Å². The van der Waals surface area contributed by atoms with E-state index in [0.717, 1.165) is 11.1 Å². The molecule has 2 atom stereocenters. The number of nitrogens with one attached hydrogen (secondary N) is 1. The lowest BCUT2D eigenvalue weighted by Gasteiger charge is -2.19. The van der Waals surface area contributed by atoms with Gasteiger partial charge in [0.2, 0.25) is 0 Å².